The number of carbonyl (C=O) groups excluding carboxylic acids is 1. The van der Waals surface area contributed by atoms with Gasteiger partial charge in [-0.3, -0.25) is 14.0 Å². The van der Waals surface area contributed by atoms with Crippen LogP contribution in [0.1, 0.15) is 16.1 Å². The first-order valence-corrected chi connectivity index (χ1v) is 7.28. The van der Waals surface area contributed by atoms with E-state index in [1.165, 1.54) is 13.1 Å². The Morgan fingerprint density at radius 2 is 2.09 bits per heavy atom. The van der Waals surface area contributed by atoms with Crippen LogP contribution in [-0.2, 0) is 6.18 Å². The molecule has 2 rings (SSSR count). The number of hydrogen-bond acceptors (Lipinski definition) is 5. The Kier molecular flexibility index (Phi) is 4.56. The molecule has 11 heteroatoms. The number of hydrogen-bond donors (Lipinski definition) is 3. The molecule has 0 unspecified atom stereocenters. The van der Waals surface area contributed by atoms with E-state index in [9.17, 15) is 22.8 Å². The van der Waals surface area contributed by atoms with E-state index >= 15 is 0 Å². The second kappa shape index (κ2) is 6.08. The average Bonchev–Trinajstić information content (AvgIpc) is 2.77. The van der Waals surface area contributed by atoms with E-state index in [-0.39, 0.29) is 20.9 Å². The van der Waals surface area contributed by atoms with Crippen molar-refractivity contribution in [3.05, 3.63) is 38.3 Å². The number of nitrogens with one attached hydrogen (secondary N) is 3. The maximum Gasteiger partial charge on any atom is 0.433 e. The number of carbonyl (C=O) groups is 1. The molecule has 0 aliphatic carbocycles. The molecule has 0 atom stereocenters. The minimum absolute atomic E-state index is 0.0331. The van der Waals surface area contributed by atoms with Crippen LogP contribution in [0.2, 0.25) is 0 Å². The molecule has 0 fully saturated rings. The number of H-pyrrole nitrogens is 1. The van der Waals surface area contributed by atoms with Crippen LogP contribution in [0, 0.1) is 0 Å². The first-order valence-electron chi connectivity index (χ1n) is 5.67. The lowest BCUT2D eigenvalue weighted by Gasteiger charge is -2.10. The summed E-state index contributed by atoms with van der Waals surface area (Å²) in [5.74, 6) is -0.644. The van der Waals surface area contributed by atoms with Crippen LogP contribution in [0.25, 0.3) is 0 Å². The zero-order valence-corrected chi connectivity index (χ0v) is 13.2. The molecule has 118 valence electrons. The summed E-state index contributed by atoms with van der Waals surface area (Å²) in [6, 6.07) is 2.08. The Morgan fingerprint density at radius 1 is 1.41 bits per heavy atom. The third-order valence-electron chi connectivity index (χ3n) is 2.50. The van der Waals surface area contributed by atoms with Crippen LogP contribution in [0.5, 0.6) is 0 Å². The largest absolute Gasteiger partial charge is 0.433 e. The van der Waals surface area contributed by atoms with Gasteiger partial charge in [-0.2, -0.15) is 13.2 Å². The third kappa shape index (κ3) is 3.47. The number of alkyl halides is 3. The van der Waals surface area contributed by atoms with Gasteiger partial charge in [-0.15, -0.1) is 0 Å². The molecule has 0 saturated heterocycles. The topological polar surface area (TPSA) is 86.9 Å². The zero-order chi connectivity index (χ0) is 16.5. The maximum atomic E-state index is 12.7. The van der Waals surface area contributed by atoms with Crippen molar-refractivity contribution in [2.75, 3.05) is 12.4 Å². The molecule has 2 aromatic heterocycles. The van der Waals surface area contributed by atoms with Gasteiger partial charge in [-0.05, 0) is 39.6 Å². The van der Waals surface area contributed by atoms with Gasteiger partial charge in [0.15, 0.2) is 0 Å². The Bertz CT molecular complexity index is 771. The first kappa shape index (κ1) is 16.5. The molecule has 0 aromatic carbocycles. The lowest BCUT2D eigenvalue weighted by molar-refractivity contribution is -0.141. The SMILES string of the molecule is CNC(=O)c1c(Nc2cc(Br)nc(C(F)(F)F)c2)s[nH]c1=O. The predicted molar refractivity (Wildman–Crippen MR) is 78.6 cm³/mol. The van der Waals surface area contributed by atoms with E-state index in [0.717, 1.165) is 17.6 Å². The number of rotatable bonds is 3. The minimum Gasteiger partial charge on any atom is -0.355 e. The van der Waals surface area contributed by atoms with E-state index in [0.29, 0.717) is 0 Å². The van der Waals surface area contributed by atoms with Gasteiger partial charge >= 0.3 is 6.18 Å². The molecular weight excluding hydrogens is 389 g/mol. The number of pyridine rings is 1. The fourth-order valence-corrected chi connectivity index (χ4v) is 2.76. The molecule has 22 heavy (non-hydrogen) atoms. The summed E-state index contributed by atoms with van der Waals surface area (Å²) >= 11 is 3.70. The molecule has 0 radical (unpaired) electrons. The average molecular weight is 397 g/mol. The van der Waals surface area contributed by atoms with E-state index in [2.05, 4.69) is 35.9 Å². The number of anilines is 2. The predicted octanol–water partition coefficient (Wildman–Crippen LogP) is 2.72. The molecule has 0 aliphatic heterocycles. The fraction of sp³-hybridized carbons (Fsp3) is 0.182. The van der Waals surface area contributed by atoms with Gasteiger partial charge in [-0.1, -0.05) is 0 Å². The highest BCUT2D eigenvalue weighted by Gasteiger charge is 2.33. The van der Waals surface area contributed by atoms with Crippen molar-refractivity contribution in [2.45, 2.75) is 6.18 Å². The van der Waals surface area contributed by atoms with Crippen molar-refractivity contribution in [3.8, 4) is 0 Å². The summed E-state index contributed by atoms with van der Waals surface area (Å²) in [7, 11) is 1.34. The van der Waals surface area contributed by atoms with Crippen LogP contribution in [0.4, 0.5) is 23.9 Å². The molecule has 0 spiro atoms. The molecule has 0 saturated carbocycles. The number of nitrogens with zero attached hydrogens (tertiary/aromatic N) is 1. The van der Waals surface area contributed by atoms with Gasteiger partial charge in [0, 0.05) is 12.7 Å². The van der Waals surface area contributed by atoms with Crippen LogP contribution < -0.4 is 16.2 Å². The van der Waals surface area contributed by atoms with Crippen LogP contribution in [-0.4, -0.2) is 22.3 Å². The molecular formula is C11H8BrF3N4O2S. The second-order valence-electron chi connectivity index (χ2n) is 4.00. The minimum atomic E-state index is -4.62. The van der Waals surface area contributed by atoms with Gasteiger partial charge in [-0.25, -0.2) is 4.98 Å². The highest BCUT2D eigenvalue weighted by atomic mass is 79.9. The van der Waals surface area contributed by atoms with Gasteiger partial charge in [0.05, 0.1) is 0 Å². The number of aromatic nitrogens is 2. The smallest absolute Gasteiger partial charge is 0.355 e. The lowest BCUT2D eigenvalue weighted by Crippen LogP contribution is -2.24. The van der Waals surface area contributed by atoms with Gasteiger partial charge < -0.3 is 10.6 Å². The van der Waals surface area contributed by atoms with Crippen molar-refractivity contribution < 1.29 is 18.0 Å². The van der Waals surface area contributed by atoms with Crippen molar-refractivity contribution >= 4 is 44.1 Å². The Balaban J connectivity index is 2.42. The van der Waals surface area contributed by atoms with E-state index in [1.807, 2.05) is 0 Å². The van der Waals surface area contributed by atoms with E-state index < -0.39 is 23.3 Å². The number of halogens is 4. The second-order valence-corrected chi connectivity index (χ2v) is 5.63. The molecule has 2 heterocycles. The van der Waals surface area contributed by atoms with Crippen molar-refractivity contribution in [1.82, 2.24) is 14.7 Å². The third-order valence-corrected chi connectivity index (χ3v) is 3.70. The van der Waals surface area contributed by atoms with Gasteiger partial charge in [0.25, 0.3) is 11.5 Å². The van der Waals surface area contributed by atoms with Crippen molar-refractivity contribution in [2.24, 2.45) is 0 Å². The summed E-state index contributed by atoms with van der Waals surface area (Å²) in [5.41, 5.74) is -1.90. The fourth-order valence-electron chi connectivity index (χ4n) is 1.57. The molecule has 6 nitrogen and oxygen atoms in total. The molecule has 0 bridgehead atoms. The highest BCUT2D eigenvalue weighted by Crippen LogP contribution is 2.32. The number of amides is 1. The highest BCUT2D eigenvalue weighted by molar-refractivity contribution is 9.10. The summed E-state index contributed by atoms with van der Waals surface area (Å²) in [6.45, 7) is 0. The zero-order valence-electron chi connectivity index (χ0n) is 10.8. The Hall–Kier alpha value is -1.88. The summed E-state index contributed by atoms with van der Waals surface area (Å²) in [5, 5.41) is 5.01. The van der Waals surface area contributed by atoms with Crippen LogP contribution in [0.15, 0.2) is 21.5 Å². The number of aromatic amines is 1. The molecule has 1 amide bonds. The summed E-state index contributed by atoms with van der Waals surface area (Å²) in [6.07, 6.45) is -4.62. The molecule has 0 aliphatic rings. The van der Waals surface area contributed by atoms with Crippen molar-refractivity contribution in [1.29, 1.82) is 0 Å². The monoisotopic (exact) mass is 396 g/mol. The lowest BCUT2D eigenvalue weighted by atomic mass is 10.3. The van der Waals surface area contributed by atoms with Crippen molar-refractivity contribution in [3.63, 3.8) is 0 Å². The normalized spacial score (nSPS) is 11.3. The standard InChI is InChI=1S/C11H8BrF3N4O2S/c1-16-8(20)7-9(21)19-22-10(7)17-4-2-5(11(13,14)15)18-6(12)3-4/h2-3H,1H3,(H,16,20)(H,17,18)(H,19,21). The van der Waals surface area contributed by atoms with Gasteiger partial charge in [0.1, 0.15) is 20.9 Å². The molecule has 2 aromatic rings. The maximum absolute atomic E-state index is 12.7. The van der Waals surface area contributed by atoms with E-state index in [1.54, 1.807) is 0 Å². The quantitative estimate of drug-likeness (QED) is 0.696. The van der Waals surface area contributed by atoms with Crippen LogP contribution >= 0.6 is 27.5 Å². The summed E-state index contributed by atoms with van der Waals surface area (Å²) < 4.78 is 40.5. The first-order chi connectivity index (χ1) is 10.2. The van der Waals surface area contributed by atoms with Crippen LogP contribution in [0.3, 0.4) is 0 Å². The van der Waals surface area contributed by atoms with E-state index in [4.69, 9.17) is 0 Å². The molecule has 3 N–H and O–H groups in total. The Labute approximate surface area is 134 Å². The summed E-state index contributed by atoms with van der Waals surface area (Å²) in [4.78, 5) is 26.5. The Morgan fingerprint density at radius 3 is 2.68 bits per heavy atom. The van der Waals surface area contributed by atoms with Gasteiger partial charge in [0.2, 0.25) is 0 Å².